The van der Waals surface area contributed by atoms with Crippen LogP contribution in [-0.4, -0.2) is 39.4 Å². The number of hydrogen-bond donors (Lipinski definition) is 3. The Labute approximate surface area is 131 Å². The van der Waals surface area contributed by atoms with Gasteiger partial charge in [0.25, 0.3) is 5.56 Å². The number of nitrogens with zero attached hydrogens (tertiary/aromatic N) is 1. The third-order valence-electron chi connectivity index (χ3n) is 3.69. The summed E-state index contributed by atoms with van der Waals surface area (Å²) < 4.78 is 6.27. The summed E-state index contributed by atoms with van der Waals surface area (Å²) in [5, 5.41) is 11.4. The lowest BCUT2D eigenvalue weighted by Gasteiger charge is -2.21. The van der Waals surface area contributed by atoms with Crippen molar-refractivity contribution in [3.05, 3.63) is 32.6 Å². The van der Waals surface area contributed by atoms with E-state index in [1.165, 1.54) is 0 Å². The van der Waals surface area contributed by atoms with E-state index in [4.69, 9.17) is 9.84 Å². The molecule has 9 heteroatoms. The molecule has 3 N–H and O–H groups in total. The first kappa shape index (κ1) is 16.8. The number of carboxylic acids is 1. The molecule has 23 heavy (non-hydrogen) atoms. The van der Waals surface area contributed by atoms with Crippen LogP contribution in [0, 0.1) is 0 Å². The van der Waals surface area contributed by atoms with Crippen LogP contribution >= 0.6 is 0 Å². The lowest BCUT2D eigenvalue weighted by molar-refractivity contribution is 0.0691. The van der Waals surface area contributed by atoms with Crippen molar-refractivity contribution < 1.29 is 19.4 Å². The predicted molar refractivity (Wildman–Crippen MR) is 79.6 cm³/mol. The van der Waals surface area contributed by atoms with Gasteiger partial charge < -0.3 is 15.2 Å². The minimum absolute atomic E-state index is 0.0235. The summed E-state index contributed by atoms with van der Waals surface area (Å²) >= 11 is 0. The molecule has 1 aliphatic rings. The highest BCUT2D eigenvalue weighted by Gasteiger charge is 2.17. The van der Waals surface area contributed by atoms with E-state index in [9.17, 15) is 19.2 Å². The van der Waals surface area contributed by atoms with Gasteiger partial charge in [0.05, 0.1) is 0 Å². The Balaban J connectivity index is 1.87. The maximum Gasteiger partial charge on any atom is 0.407 e. The molecule has 0 aromatic carbocycles. The first-order chi connectivity index (χ1) is 11.0. The van der Waals surface area contributed by atoms with Crippen molar-refractivity contribution in [1.29, 1.82) is 0 Å². The monoisotopic (exact) mass is 325 g/mol. The molecule has 0 unspecified atom stereocenters. The number of H-pyrrole nitrogens is 1. The summed E-state index contributed by atoms with van der Waals surface area (Å²) in [4.78, 5) is 47.3. The van der Waals surface area contributed by atoms with E-state index in [1.807, 2.05) is 4.98 Å². The number of hydrogen-bond acceptors (Lipinski definition) is 5. The van der Waals surface area contributed by atoms with Gasteiger partial charge in [-0.25, -0.2) is 14.4 Å². The van der Waals surface area contributed by atoms with Crippen LogP contribution in [0.1, 0.15) is 42.5 Å². The molecule has 1 saturated carbocycles. The van der Waals surface area contributed by atoms with E-state index in [2.05, 4.69) is 5.32 Å². The van der Waals surface area contributed by atoms with Crippen LogP contribution in [0.4, 0.5) is 4.79 Å². The summed E-state index contributed by atoms with van der Waals surface area (Å²) in [7, 11) is 0. The van der Waals surface area contributed by atoms with E-state index in [0.717, 1.165) is 42.9 Å². The van der Waals surface area contributed by atoms with Crippen molar-refractivity contribution in [2.24, 2.45) is 0 Å². The van der Waals surface area contributed by atoms with Crippen LogP contribution in [0.2, 0.25) is 0 Å². The largest absolute Gasteiger partial charge is 0.477 e. The molecule has 2 rings (SSSR count). The zero-order valence-corrected chi connectivity index (χ0v) is 12.5. The number of carbonyl (C=O) groups is 2. The lowest BCUT2D eigenvalue weighted by atomic mass is 9.98. The molecule has 9 nitrogen and oxygen atoms in total. The number of aromatic amines is 1. The fourth-order valence-electron chi connectivity index (χ4n) is 2.48. The Kier molecular flexibility index (Phi) is 5.56. The Morgan fingerprint density at radius 2 is 2.00 bits per heavy atom. The highest BCUT2D eigenvalue weighted by molar-refractivity contribution is 5.86. The van der Waals surface area contributed by atoms with Crippen molar-refractivity contribution in [3.8, 4) is 0 Å². The second kappa shape index (κ2) is 7.61. The Morgan fingerprint density at radius 1 is 1.30 bits per heavy atom. The maximum absolute atomic E-state index is 11.6. The summed E-state index contributed by atoms with van der Waals surface area (Å²) in [6.07, 6.45) is 5.28. The molecular formula is C14H19N3O6. The average Bonchev–Trinajstić information content (AvgIpc) is 2.50. The number of ether oxygens (including phenoxy) is 1. The van der Waals surface area contributed by atoms with Crippen LogP contribution in [0.5, 0.6) is 0 Å². The third-order valence-corrected chi connectivity index (χ3v) is 3.69. The first-order valence-corrected chi connectivity index (χ1v) is 7.49. The number of nitrogens with one attached hydrogen (secondary N) is 2. The fraction of sp³-hybridized carbons (Fsp3) is 0.571. The molecule has 1 amide bonds. The zero-order chi connectivity index (χ0) is 16.8. The molecule has 0 bridgehead atoms. The number of amides is 1. The second-order valence-corrected chi connectivity index (χ2v) is 5.39. The summed E-state index contributed by atoms with van der Waals surface area (Å²) in [5.74, 6) is -1.43. The second-order valence-electron chi connectivity index (χ2n) is 5.39. The van der Waals surface area contributed by atoms with Crippen molar-refractivity contribution in [2.45, 2.75) is 44.8 Å². The molecule has 1 aromatic rings. The first-order valence-electron chi connectivity index (χ1n) is 7.49. The highest BCUT2D eigenvalue weighted by atomic mass is 16.6. The number of alkyl carbamates (subject to hydrolysis) is 1. The Bertz CT molecular complexity index is 686. The van der Waals surface area contributed by atoms with Crippen LogP contribution in [0.3, 0.4) is 0 Å². The lowest BCUT2D eigenvalue weighted by Crippen LogP contribution is -2.37. The molecule has 1 aliphatic carbocycles. The van der Waals surface area contributed by atoms with Crippen molar-refractivity contribution >= 4 is 12.1 Å². The fourth-order valence-corrected chi connectivity index (χ4v) is 2.48. The molecule has 1 fully saturated rings. The van der Waals surface area contributed by atoms with Crippen molar-refractivity contribution in [3.63, 3.8) is 0 Å². The van der Waals surface area contributed by atoms with Gasteiger partial charge in [-0.1, -0.05) is 6.42 Å². The normalized spacial score (nSPS) is 15.1. The molecule has 0 radical (unpaired) electrons. The minimum atomic E-state index is -1.43. The van der Waals surface area contributed by atoms with E-state index < -0.39 is 28.9 Å². The van der Waals surface area contributed by atoms with Gasteiger partial charge in [-0.05, 0) is 25.7 Å². The van der Waals surface area contributed by atoms with Crippen LogP contribution in [0.15, 0.2) is 15.8 Å². The van der Waals surface area contributed by atoms with E-state index in [0.29, 0.717) is 0 Å². The van der Waals surface area contributed by atoms with Crippen LogP contribution in [0.25, 0.3) is 0 Å². The standard InChI is InChI=1S/C14H19N3O6/c18-11-10(12(19)20)8-17(13(21)16-11)7-6-15-14(22)23-9-4-2-1-3-5-9/h8-9H,1-7H2,(H,15,22)(H,19,20)(H,16,18,21). The molecule has 0 atom stereocenters. The Morgan fingerprint density at radius 3 is 2.65 bits per heavy atom. The highest BCUT2D eigenvalue weighted by Crippen LogP contribution is 2.20. The van der Waals surface area contributed by atoms with Gasteiger partial charge in [0.15, 0.2) is 0 Å². The van der Waals surface area contributed by atoms with Gasteiger partial charge in [0.1, 0.15) is 11.7 Å². The van der Waals surface area contributed by atoms with Gasteiger partial charge >= 0.3 is 17.8 Å². The van der Waals surface area contributed by atoms with Gasteiger partial charge in [-0.15, -0.1) is 0 Å². The SMILES string of the molecule is O=C(NCCn1cc(C(=O)O)c(=O)[nH]c1=O)OC1CCCCC1. The molecule has 0 spiro atoms. The van der Waals surface area contributed by atoms with E-state index in [1.54, 1.807) is 0 Å². The van der Waals surface area contributed by atoms with Crippen molar-refractivity contribution in [1.82, 2.24) is 14.9 Å². The topological polar surface area (TPSA) is 130 Å². The molecule has 0 aliphatic heterocycles. The summed E-state index contributed by atoms with van der Waals surface area (Å²) in [6, 6.07) is 0. The number of carboxylic acid groups (broad SMARTS) is 1. The molecule has 0 saturated heterocycles. The van der Waals surface area contributed by atoms with Crippen LogP contribution in [-0.2, 0) is 11.3 Å². The van der Waals surface area contributed by atoms with Gasteiger partial charge in [0.2, 0.25) is 0 Å². The van der Waals surface area contributed by atoms with Crippen molar-refractivity contribution in [2.75, 3.05) is 6.54 Å². The van der Waals surface area contributed by atoms with Gasteiger partial charge in [-0.3, -0.25) is 14.3 Å². The predicted octanol–water partition coefficient (Wildman–Crippen LogP) is 0.294. The summed E-state index contributed by atoms with van der Waals surface area (Å²) in [5.41, 5.74) is -2.22. The molecular weight excluding hydrogens is 306 g/mol. The molecule has 1 heterocycles. The zero-order valence-electron chi connectivity index (χ0n) is 12.5. The van der Waals surface area contributed by atoms with E-state index >= 15 is 0 Å². The van der Waals surface area contributed by atoms with Crippen LogP contribution < -0.4 is 16.6 Å². The number of carbonyl (C=O) groups excluding carboxylic acids is 1. The number of aromatic carboxylic acids is 1. The maximum atomic E-state index is 11.6. The quantitative estimate of drug-likeness (QED) is 0.713. The third kappa shape index (κ3) is 4.70. The molecule has 1 aromatic heterocycles. The van der Waals surface area contributed by atoms with E-state index in [-0.39, 0.29) is 19.2 Å². The number of rotatable bonds is 5. The average molecular weight is 325 g/mol. The number of aromatic nitrogens is 2. The van der Waals surface area contributed by atoms with Gasteiger partial charge in [-0.2, -0.15) is 0 Å². The van der Waals surface area contributed by atoms with Gasteiger partial charge in [0, 0.05) is 19.3 Å². The smallest absolute Gasteiger partial charge is 0.407 e. The molecule has 126 valence electrons. The Hall–Kier alpha value is -2.58. The minimum Gasteiger partial charge on any atom is -0.477 e. The summed E-state index contributed by atoms with van der Waals surface area (Å²) in [6.45, 7) is 0.103.